The number of rotatable bonds is 2. The third-order valence-electron chi connectivity index (χ3n) is 3.79. The SMILES string of the molecule is CC1CN(C(=O)C(=O)NCc2ccc3c(c2)OCO3)CC(C)O1. The van der Waals surface area contributed by atoms with Crippen LogP contribution in [0.4, 0.5) is 0 Å². The van der Waals surface area contributed by atoms with Crippen molar-refractivity contribution in [3.8, 4) is 11.5 Å². The minimum atomic E-state index is -0.607. The van der Waals surface area contributed by atoms with Gasteiger partial charge in [-0.2, -0.15) is 0 Å². The third kappa shape index (κ3) is 3.56. The van der Waals surface area contributed by atoms with Crippen molar-refractivity contribution < 1.29 is 23.8 Å². The zero-order valence-electron chi connectivity index (χ0n) is 13.2. The number of ether oxygens (including phenoxy) is 3. The number of nitrogens with one attached hydrogen (secondary N) is 1. The molecular weight excluding hydrogens is 300 g/mol. The van der Waals surface area contributed by atoms with Crippen LogP contribution in [0.5, 0.6) is 11.5 Å². The fraction of sp³-hybridized carbons (Fsp3) is 0.500. The fourth-order valence-corrected chi connectivity index (χ4v) is 2.80. The van der Waals surface area contributed by atoms with Crippen molar-refractivity contribution in [1.82, 2.24) is 10.2 Å². The molecule has 0 aliphatic carbocycles. The van der Waals surface area contributed by atoms with Gasteiger partial charge in [-0.05, 0) is 31.5 Å². The number of morpholine rings is 1. The average Bonchev–Trinajstić information content (AvgIpc) is 2.98. The molecule has 0 bridgehead atoms. The Kier molecular flexibility index (Phi) is 4.38. The lowest BCUT2D eigenvalue weighted by Gasteiger charge is -2.34. The van der Waals surface area contributed by atoms with E-state index in [-0.39, 0.29) is 25.5 Å². The lowest BCUT2D eigenvalue weighted by molar-refractivity contribution is -0.153. The molecule has 7 heteroatoms. The summed E-state index contributed by atoms with van der Waals surface area (Å²) in [5.41, 5.74) is 0.846. The van der Waals surface area contributed by atoms with Crippen LogP contribution >= 0.6 is 0 Å². The number of carbonyl (C=O) groups excluding carboxylic acids is 2. The molecule has 2 aliphatic rings. The molecule has 7 nitrogen and oxygen atoms in total. The van der Waals surface area contributed by atoms with Crippen LogP contribution in [0.2, 0.25) is 0 Å². The maximum absolute atomic E-state index is 12.2. The van der Waals surface area contributed by atoms with Crippen LogP contribution in [0, 0.1) is 0 Å². The van der Waals surface area contributed by atoms with Gasteiger partial charge in [0.05, 0.1) is 12.2 Å². The Hall–Kier alpha value is -2.28. The quantitative estimate of drug-likeness (QED) is 0.811. The summed E-state index contributed by atoms with van der Waals surface area (Å²) in [5, 5.41) is 2.65. The van der Waals surface area contributed by atoms with Crippen LogP contribution in [-0.2, 0) is 20.9 Å². The van der Waals surface area contributed by atoms with Crippen LogP contribution < -0.4 is 14.8 Å². The molecule has 0 aromatic heterocycles. The summed E-state index contributed by atoms with van der Waals surface area (Å²) in [6.07, 6.45) is -0.131. The molecule has 1 N–H and O–H groups in total. The summed E-state index contributed by atoms with van der Waals surface area (Å²) in [6.45, 7) is 5.11. The van der Waals surface area contributed by atoms with E-state index >= 15 is 0 Å². The van der Waals surface area contributed by atoms with Gasteiger partial charge in [0.1, 0.15) is 0 Å². The van der Waals surface area contributed by atoms with Crippen molar-refractivity contribution in [3.05, 3.63) is 23.8 Å². The van der Waals surface area contributed by atoms with E-state index in [0.29, 0.717) is 24.6 Å². The second kappa shape index (κ2) is 6.45. The molecule has 1 saturated heterocycles. The summed E-state index contributed by atoms with van der Waals surface area (Å²) >= 11 is 0. The van der Waals surface area contributed by atoms with Gasteiger partial charge >= 0.3 is 11.8 Å². The van der Waals surface area contributed by atoms with Crippen LogP contribution in [0.3, 0.4) is 0 Å². The molecule has 2 aliphatic heterocycles. The molecule has 1 aromatic rings. The minimum Gasteiger partial charge on any atom is -0.454 e. The van der Waals surface area contributed by atoms with E-state index in [0.717, 1.165) is 5.56 Å². The first kappa shape index (κ1) is 15.6. The van der Waals surface area contributed by atoms with Crippen molar-refractivity contribution in [2.75, 3.05) is 19.9 Å². The first-order valence-corrected chi connectivity index (χ1v) is 7.64. The van der Waals surface area contributed by atoms with Gasteiger partial charge in [-0.15, -0.1) is 0 Å². The molecule has 2 atom stereocenters. The second-order valence-corrected chi connectivity index (χ2v) is 5.84. The Bertz CT molecular complexity index is 608. The van der Waals surface area contributed by atoms with Gasteiger partial charge in [0, 0.05) is 19.6 Å². The molecule has 2 amide bonds. The number of benzene rings is 1. The maximum Gasteiger partial charge on any atom is 0.312 e. The predicted octanol–water partition coefficient (Wildman–Crippen LogP) is 0.667. The molecule has 2 heterocycles. The standard InChI is InChI=1S/C16H20N2O5/c1-10-7-18(8-11(2)23-10)16(20)15(19)17-6-12-3-4-13-14(5-12)22-9-21-13/h3-5,10-11H,6-9H2,1-2H3,(H,17,19). The first-order chi connectivity index (χ1) is 11.0. The molecule has 3 rings (SSSR count). The molecule has 1 aromatic carbocycles. The minimum absolute atomic E-state index is 0.0654. The van der Waals surface area contributed by atoms with Gasteiger partial charge in [0.25, 0.3) is 0 Å². The molecule has 0 spiro atoms. The summed E-state index contributed by atoms with van der Waals surface area (Å²) in [6, 6.07) is 5.42. The number of hydrogen-bond acceptors (Lipinski definition) is 5. The Morgan fingerprint density at radius 1 is 1.17 bits per heavy atom. The summed E-state index contributed by atoms with van der Waals surface area (Å²) in [7, 11) is 0. The number of hydrogen-bond donors (Lipinski definition) is 1. The number of fused-ring (bicyclic) bond motifs is 1. The molecular formula is C16H20N2O5. The summed E-state index contributed by atoms with van der Waals surface area (Å²) < 4.78 is 16.1. The highest BCUT2D eigenvalue weighted by atomic mass is 16.7. The molecule has 124 valence electrons. The molecule has 0 radical (unpaired) electrons. The predicted molar refractivity (Wildman–Crippen MR) is 81.0 cm³/mol. The Morgan fingerprint density at radius 3 is 2.61 bits per heavy atom. The summed E-state index contributed by atoms with van der Waals surface area (Å²) in [5.74, 6) is 0.211. The molecule has 23 heavy (non-hydrogen) atoms. The van der Waals surface area contributed by atoms with E-state index in [2.05, 4.69) is 5.32 Å². The topological polar surface area (TPSA) is 77.1 Å². The van der Waals surface area contributed by atoms with Crippen LogP contribution in [-0.4, -0.2) is 48.8 Å². The van der Waals surface area contributed by atoms with Gasteiger partial charge in [-0.3, -0.25) is 9.59 Å². The van der Waals surface area contributed by atoms with Crippen molar-refractivity contribution in [3.63, 3.8) is 0 Å². The Labute approximate surface area is 134 Å². The second-order valence-electron chi connectivity index (χ2n) is 5.84. The van der Waals surface area contributed by atoms with Crippen LogP contribution in [0.1, 0.15) is 19.4 Å². The van der Waals surface area contributed by atoms with Crippen LogP contribution in [0.15, 0.2) is 18.2 Å². The van der Waals surface area contributed by atoms with Crippen molar-refractivity contribution in [1.29, 1.82) is 0 Å². The highest BCUT2D eigenvalue weighted by Crippen LogP contribution is 2.32. The van der Waals surface area contributed by atoms with Gasteiger partial charge in [-0.1, -0.05) is 6.07 Å². The molecule has 0 saturated carbocycles. The fourth-order valence-electron chi connectivity index (χ4n) is 2.80. The lowest BCUT2D eigenvalue weighted by atomic mass is 10.2. The number of nitrogens with zero attached hydrogens (tertiary/aromatic N) is 1. The number of amides is 2. The van der Waals surface area contributed by atoms with Crippen molar-refractivity contribution in [2.24, 2.45) is 0 Å². The zero-order valence-corrected chi connectivity index (χ0v) is 13.2. The normalized spacial score (nSPS) is 22.8. The van der Waals surface area contributed by atoms with E-state index in [9.17, 15) is 9.59 Å². The Morgan fingerprint density at radius 2 is 1.87 bits per heavy atom. The van der Waals surface area contributed by atoms with E-state index in [1.54, 1.807) is 12.1 Å². The Balaban J connectivity index is 1.55. The molecule has 2 unspecified atom stereocenters. The average molecular weight is 320 g/mol. The third-order valence-corrected chi connectivity index (χ3v) is 3.79. The van der Waals surface area contributed by atoms with E-state index < -0.39 is 11.8 Å². The van der Waals surface area contributed by atoms with Gasteiger partial charge in [0.15, 0.2) is 11.5 Å². The van der Waals surface area contributed by atoms with Crippen LogP contribution in [0.25, 0.3) is 0 Å². The maximum atomic E-state index is 12.2. The molecule has 1 fully saturated rings. The zero-order chi connectivity index (χ0) is 16.4. The van der Waals surface area contributed by atoms with E-state index in [4.69, 9.17) is 14.2 Å². The highest BCUT2D eigenvalue weighted by Gasteiger charge is 2.29. The van der Waals surface area contributed by atoms with E-state index in [1.165, 1.54) is 4.90 Å². The first-order valence-electron chi connectivity index (χ1n) is 7.64. The van der Waals surface area contributed by atoms with Gasteiger partial charge < -0.3 is 24.4 Å². The van der Waals surface area contributed by atoms with Gasteiger partial charge in [-0.25, -0.2) is 0 Å². The van der Waals surface area contributed by atoms with Crippen molar-refractivity contribution in [2.45, 2.75) is 32.6 Å². The summed E-state index contributed by atoms with van der Waals surface area (Å²) in [4.78, 5) is 25.8. The van der Waals surface area contributed by atoms with Crippen molar-refractivity contribution >= 4 is 11.8 Å². The van der Waals surface area contributed by atoms with Gasteiger partial charge in [0.2, 0.25) is 6.79 Å². The largest absolute Gasteiger partial charge is 0.454 e. The highest BCUT2D eigenvalue weighted by molar-refractivity contribution is 6.35. The lowest BCUT2D eigenvalue weighted by Crippen LogP contribution is -2.52. The number of carbonyl (C=O) groups is 2. The monoisotopic (exact) mass is 320 g/mol. The smallest absolute Gasteiger partial charge is 0.312 e. The van der Waals surface area contributed by atoms with E-state index in [1.807, 2.05) is 19.9 Å².